The van der Waals surface area contributed by atoms with Crippen molar-refractivity contribution in [1.82, 2.24) is 16.0 Å². The third-order valence-corrected chi connectivity index (χ3v) is 6.00. The van der Waals surface area contributed by atoms with Gasteiger partial charge < -0.3 is 30.9 Å². The lowest BCUT2D eigenvalue weighted by Gasteiger charge is -2.26. The van der Waals surface area contributed by atoms with Gasteiger partial charge in [0.25, 0.3) is 0 Å². The van der Waals surface area contributed by atoms with Gasteiger partial charge in [0.2, 0.25) is 5.91 Å². The number of amides is 2. The van der Waals surface area contributed by atoms with E-state index in [2.05, 4.69) is 16.0 Å². The van der Waals surface area contributed by atoms with Crippen LogP contribution in [0.25, 0.3) is 0 Å². The fourth-order valence-corrected chi connectivity index (χ4v) is 4.00. The summed E-state index contributed by atoms with van der Waals surface area (Å²) in [6.45, 7) is 8.00. The van der Waals surface area contributed by atoms with Gasteiger partial charge in [-0.3, -0.25) is 14.9 Å². The molecule has 3 atom stereocenters. The molecule has 1 aromatic rings. The maximum absolute atomic E-state index is 13.3. The van der Waals surface area contributed by atoms with Crippen LogP contribution < -0.4 is 21.7 Å². The highest BCUT2D eigenvalue weighted by atomic mass is 16.6. The third kappa shape index (κ3) is 15.4. The number of aryl methyl sites for hydroxylation is 1. The molecule has 0 aromatic heterocycles. The maximum Gasteiger partial charge on any atom is 0.407 e. The van der Waals surface area contributed by atoms with Crippen molar-refractivity contribution >= 4 is 23.9 Å². The number of alkyl carbamates (subject to hydrolysis) is 1. The molecule has 0 aliphatic carbocycles. The Labute approximate surface area is 237 Å². The second kappa shape index (κ2) is 19.0. The van der Waals surface area contributed by atoms with Gasteiger partial charge >= 0.3 is 18.0 Å². The summed E-state index contributed by atoms with van der Waals surface area (Å²) < 4.78 is 10.4. The second-order valence-electron chi connectivity index (χ2n) is 10.7. The number of carbonyl (C=O) groups excluding carboxylic acids is 3. The van der Waals surface area contributed by atoms with Crippen LogP contribution in [0.3, 0.4) is 0 Å². The molecule has 11 nitrogen and oxygen atoms in total. The molecule has 0 saturated heterocycles. The number of carboxylic acid groups (broad SMARTS) is 1. The quantitative estimate of drug-likeness (QED) is 0.125. The smallest absolute Gasteiger partial charge is 0.407 e. The number of rotatable bonds is 19. The van der Waals surface area contributed by atoms with E-state index in [4.69, 9.17) is 15.2 Å². The van der Waals surface area contributed by atoms with Crippen molar-refractivity contribution in [1.29, 1.82) is 0 Å². The van der Waals surface area contributed by atoms with E-state index >= 15 is 0 Å². The van der Waals surface area contributed by atoms with Crippen LogP contribution in [0, 0.1) is 0 Å². The van der Waals surface area contributed by atoms with Crippen LogP contribution >= 0.6 is 0 Å². The molecule has 0 heterocycles. The Kier molecular flexibility index (Phi) is 16.5. The molecule has 0 bridgehead atoms. The number of carbonyl (C=O) groups is 4. The van der Waals surface area contributed by atoms with Crippen molar-refractivity contribution in [3.8, 4) is 0 Å². The summed E-state index contributed by atoms with van der Waals surface area (Å²) in [6, 6.07) is 7.04. The normalized spacial score (nSPS) is 13.5. The summed E-state index contributed by atoms with van der Waals surface area (Å²) in [5, 5.41) is 18.1. The van der Waals surface area contributed by atoms with E-state index in [0.717, 1.165) is 5.56 Å². The summed E-state index contributed by atoms with van der Waals surface area (Å²) in [7, 11) is 0. The number of nitrogens with two attached hydrogens (primary N) is 1. The first-order valence-corrected chi connectivity index (χ1v) is 14.1. The van der Waals surface area contributed by atoms with E-state index < -0.39 is 47.7 Å². The van der Waals surface area contributed by atoms with E-state index in [1.807, 2.05) is 30.3 Å². The lowest BCUT2D eigenvalue weighted by Crippen LogP contribution is -2.54. The fraction of sp³-hybridized carbons (Fsp3) is 0.655. The Morgan fingerprint density at radius 1 is 0.925 bits per heavy atom. The molecule has 11 heteroatoms. The van der Waals surface area contributed by atoms with Gasteiger partial charge in [-0.25, -0.2) is 9.59 Å². The van der Waals surface area contributed by atoms with Crippen LogP contribution in [0.1, 0.15) is 78.2 Å². The highest BCUT2D eigenvalue weighted by molar-refractivity contribution is 5.87. The molecule has 0 spiro atoms. The fourth-order valence-electron chi connectivity index (χ4n) is 4.00. The molecular weight excluding hydrogens is 516 g/mol. The predicted octanol–water partition coefficient (Wildman–Crippen LogP) is 2.90. The number of hydrogen-bond acceptors (Lipinski definition) is 8. The summed E-state index contributed by atoms with van der Waals surface area (Å²) in [6.07, 6.45) is 3.34. The molecule has 0 aliphatic heterocycles. The minimum atomic E-state index is -1.15. The zero-order chi connectivity index (χ0) is 30.0. The number of benzene rings is 1. The van der Waals surface area contributed by atoms with Gasteiger partial charge in [0.15, 0.2) is 0 Å². The molecule has 0 fully saturated rings. The van der Waals surface area contributed by atoms with Crippen LogP contribution in [0.2, 0.25) is 0 Å². The van der Waals surface area contributed by atoms with Crippen LogP contribution in [-0.2, 0) is 30.3 Å². The molecule has 3 unspecified atom stereocenters. The zero-order valence-corrected chi connectivity index (χ0v) is 24.4. The summed E-state index contributed by atoms with van der Waals surface area (Å²) in [5.74, 6) is -2.10. The molecule has 2 amide bonds. The van der Waals surface area contributed by atoms with Crippen molar-refractivity contribution in [3.63, 3.8) is 0 Å². The van der Waals surface area contributed by atoms with Gasteiger partial charge in [0.1, 0.15) is 17.7 Å². The first-order chi connectivity index (χ1) is 19.0. The van der Waals surface area contributed by atoms with Gasteiger partial charge in [-0.15, -0.1) is 0 Å². The van der Waals surface area contributed by atoms with Crippen LogP contribution in [-0.4, -0.2) is 72.5 Å². The molecule has 1 aromatic carbocycles. The molecule has 226 valence electrons. The zero-order valence-electron chi connectivity index (χ0n) is 24.4. The average Bonchev–Trinajstić information content (AvgIpc) is 2.88. The lowest BCUT2D eigenvalue weighted by atomic mass is 10.0. The van der Waals surface area contributed by atoms with Crippen molar-refractivity contribution < 1.29 is 33.8 Å². The van der Waals surface area contributed by atoms with E-state index in [1.165, 1.54) is 0 Å². The van der Waals surface area contributed by atoms with Gasteiger partial charge in [-0.2, -0.15) is 0 Å². The number of hydrogen-bond donors (Lipinski definition) is 5. The van der Waals surface area contributed by atoms with Crippen molar-refractivity contribution in [2.24, 2.45) is 5.73 Å². The second-order valence-corrected chi connectivity index (χ2v) is 10.7. The van der Waals surface area contributed by atoms with Gasteiger partial charge in [0.05, 0.1) is 12.6 Å². The topological polar surface area (TPSA) is 169 Å². The van der Waals surface area contributed by atoms with Crippen molar-refractivity contribution in [2.75, 3.05) is 19.7 Å². The van der Waals surface area contributed by atoms with Crippen molar-refractivity contribution in [2.45, 2.75) is 103 Å². The van der Waals surface area contributed by atoms with Gasteiger partial charge in [-0.05, 0) is 84.7 Å². The Bertz CT molecular complexity index is 905. The first kappa shape index (κ1) is 34.8. The molecule has 1 rings (SSSR count). The molecule has 0 saturated carbocycles. The average molecular weight is 565 g/mol. The van der Waals surface area contributed by atoms with Crippen LogP contribution in [0.4, 0.5) is 4.79 Å². The Hall–Kier alpha value is -3.18. The molecule has 40 heavy (non-hydrogen) atoms. The number of ether oxygens (including phenoxy) is 2. The predicted molar refractivity (Wildman–Crippen MR) is 153 cm³/mol. The summed E-state index contributed by atoms with van der Waals surface area (Å²) in [4.78, 5) is 49.7. The molecule has 6 N–H and O–H groups in total. The standard InChI is InChI=1S/C29H48N4O7/c1-5-39-27(37)24(18-17-21-13-7-6-8-14-21)32-22(15-9-11-19-30)25(34)33-23(26(35)36)16-10-12-20-31-28(38)40-29(2,3)4/h6-8,13-14,22-24,32H,5,9-12,15-20,30H2,1-4H3,(H,31,38)(H,33,34)(H,35,36). The minimum absolute atomic E-state index is 0.182. The Balaban J connectivity index is 2.79. The van der Waals surface area contributed by atoms with E-state index in [9.17, 15) is 24.3 Å². The lowest BCUT2D eigenvalue weighted by molar-refractivity contribution is -0.147. The van der Waals surface area contributed by atoms with Crippen molar-refractivity contribution in [3.05, 3.63) is 35.9 Å². The minimum Gasteiger partial charge on any atom is -0.480 e. The van der Waals surface area contributed by atoms with Crippen LogP contribution in [0.15, 0.2) is 30.3 Å². The van der Waals surface area contributed by atoms with E-state index in [-0.39, 0.29) is 13.0 Å². The largest absolute Gasteiger partial charge is 0.480 e. The maximum atomic E-state index is 13.3. The van der Waals surface area contributed by atoms with Gasteiger partial charge in [-0.1, -0.05) is 36.8 Å². The van der Waals surface area contributed by atoms with Crippen LogP contribution in [0.5, 0.6) is 0 Å². The highest BCUT2D eigenvalue weighted by Gasteiger charge is 2.29. The van der Waals surface area contributed by atoms with E-state index in [1.54, 1.807) is 27.7 Å². The molecular formula is C29H48N4O7. The number of carboxylic acids is 1. The SMILES string of the molecule is CCOC(=O)C(CCc1ccccc1)NC(CCCCN)C(=O)NC(CCCCNC(=O)OC(C)(C)C)C(=O)O. The van der Waals surface area contributed by atoms with Gasteiger partial charge in [0, 0.05) is 6.54 Å². The van der Waals surface area contributed by atoms with E-state index in [0.29, 0.717) is 58.0 Å². The monoisotopic (exact) mass is 564 g/mol. The Morgan fingerprint density at radius 3 is 2.17 bits per heavy atom. The summed E-state index contributed by atoms with van der Waals surface area (Å²) in [5.41, 5.74) is 6.08. The number of esters is 1. The highest BCUT2D eigenvalue weighted by Crippen LogP contribution is 2.11. The third-order valence-electron chi connectivity index (χ3n) is 6.00. The molecule has 0 radical (unpaired) electrons. The first-order valence-electron chi connectivity index (χ1n) is 14.1. The summed E-state index contributed by atoms with van der Waals surface area (Å²) >= 11 is 0. The number of nitrogens with one attached hydrogen (secondary N) is 3. The Morgan fingerprint density at radius 2 is 1.57 bits per heavy atom. The molecule has 0 aliphatic rings. The number of aliphatic carboxylic acids is 1. The number of unbranched alkanes of at least 4 members (excludes halogenated alkanes) is 2.